The molecule has 3 aromatic rings. The molecule has 0 saturated heterocycles. The van der Waals surface area contributed by atoms with E-state index in [1.807, 2.05) is 24.3 Å². The lowest BCUT2D eigenvalue weighted by Gasteiger charge is -2.24. The van der Waals surface area contributed by atoms with Crippen LogP contribution in [-0.2, 0) is 0 Å². The Hall–Kier alpha value is -3.15. The van der Waals surface area contributed by atoms with Crippen LogP contribution in [0.25, 0.3) is 5.70 Å². The maximum Gasteiger partial charge on any atom is 0.248 e. The zero-order chi connectivity index (χ0) is 18.1. The van der Waals surface area contributed by atoms with Crippen LogP contribution in [-0.4, -0.2) is 27.3 Å². The second-order valence-electron chi connectivity index (χ2n) is 6.62. The zero-order valence-electron chi connectivity index (χ0n) is 15.0. The van der Waals surface area contributed by atoms with Gasteiger partial charge in [0.25, 0.3) is 0 Å². The van der Waals surface area contributed by atoms with Gasteiger partial charge in [0.05, 0.1) is 7.11 Å². The molecule has 0 bridgehead atoms. The van der Waals surface area contributed by atoms with E-state index in [9.17, 15) is 0 Å². The molecule has 1 atom stereocenters. The number of fused-ring (bicyclic) bond motifs is 1. The van der Waals surface area contributed by atoms with E-state index in [4.69, 9.17) is 4.74 Å². The van der Waals surface area contributed by atoms with Crippen LogP contribution in [0, 0.1) is 0 Å². The summed E-state index contributed by atoms with van der Waals surface area (Å²) in [6.07, 6.45) is 2.13. The van der Waals surface area contributed by atoms with Crippen molar-refractivity contribution >= 4 is 11.6 Å². The molecule has 26 heavy (non-hydrogen) atoms. The predicted molar refractivity (Wildman–Crippen MR) is 101 cm³/mol. The van der Waals surface area contributed by atoms with Crippen molar-refractivity contribution < 1.29 is 4.74 Å². The minimum Gasteiger partial charge on any atom is -0.496 e. The Bertz CT molecular complexity index is 943. The quantitative estimate of drug-likeness (QED) is 0.776. The monoisotopic (exact) mass is 347 g/mol. The van der Waals surface area contributed by atoms with Crippen molar-refractivity contribution in [1.82, 2.24) is 20.2 Å². The van der Waals surface area contributed by atoms with Gasteiger partial charge in [0.15, 0.2) is 0 Å². The van der Waals surface area contributed by atoms with Gasteiger partial charge in [-0.25, -0.2) is 0 Å². The summed E-state index contributed by atoms with van der Waals surface area (Å²) >= 11 is 0. The number of hydrogen-bond acceptors (Lipinski definition) is 5. The van der Waals surface area contributed by atoms with Crippen LogP contribution >= 0.6 is 0 Å². The Balaban J connectivity index is 1.78. The van der Waals surface area contributed by atoms with E-state index in [1.54, 1.807) is 11.8 Å². The van der Waals surface area contributed by atoms with Crippen LogP contribution in [0.15, 0.2) is 54.6 Å². The van der Waals surface area contributed by atoms with E-state index in [2.05, 4.69) is 65.0 Å². The Morgan fingerprint density at radius 1 is 1.08 bits per heavy atom. The van der Waals surface area contributed by atoms with Crippen molar-refractivity contribution in [2.24, 2.45) is 0 Å². The van der Waals surface area contributed by atoms with Crippen molar-refractivity contribution in [3.05, 3.63) is 71.3 Å². The number of benzene rings is 2. The molecule has 0 amide bonds. The van der Waals surface area contributed by atoms with Gasteiger partial charge < -0.3 is 10.1 Å². The molecule has 2 heterocycles. The average Bonchev–Trinajstić information content (AvgIpc) is 3.16. The van der Waals surface area contributed by atoms with Crippen molar-refractivity contribution in [2.45, 2.75) is 25.8 Å². The minimum absolute atomic E-state index is 0.142. The van der Waals surface area contributed by atoms with Crippen LogP contribution in [0.1, 0.15) is 42.5 Å². The highest BCUT2D eigenvalue weighted by atomic mass is 16.5. The summed E-state index contributed by atoms with van der Waals surface area (Å²) in [7, 11) is 1.68. The van der Waals surface area contributed by atoms with Crippen LogP contribution in [0.3, 0.4) is 0 Å². The fourth-order valence-electron chi connectivity index (χ4n) is 3.20. The largest absolute Gasteiger partial charge is 0.496 e. The Morgan fingerprint density at radius 3 is 2.58 bits per heavy atom. The normalized spacial score (nSPS) is 16.0. The lowest BCUT2D eigenvalue weighted by Crippen LogP contribution is -2.20. The van der Waals surface area contributed by atoms with E-state index in [1.165, 1.54) is 5.56 Å². The molecule has 4 rings (SSSR count). The smallest absolute Gasteiger partial charge is 0.248 e. The van der Waals surface area contributed by atoms with E-state index < -0.39 is 0 Å². The number of rotatable bonds is 4. The molecular formula is C20H21N5O. The average molecular weight is 347 g/mol. The summed E-state index contributed by atoms with van der Waals surface area (Å²) in [5.74, 6) is 1.93. The third-order valence-electron chi connectivity index (χ3n) is 4.67. The van der Waals surface area contributed by atoms with Gasteiger partial charge in [0, 0.05) is 11.3 Å². The number of allylic oxidation sites excluding steroid dienone is 1. The maximum absolute atomic E-state index is 5.54. The highest BCUT2D eigenvalue weighted by Gasteiger charge is 2.26. The molecular weight excluding hydrogens is 326 g/mol. The van der Waals surface area contributed by atoms with Gasteiger partial charge in [-0.05, 0) is 39.6 Å². The number of tetrazole rings is 1. The number of aromatic nitrogens is 4. The van der Waals surface area contributed by atoms with Gasteiger partial charge >= 0.3 is 0 Å². The molecule has 0 unspecified atom stereocenters. The molecule has 1 N–H and O–H groups in total. The molecule has 0 fully saturated rings. The van der Waals surface area contributed by atoms with Crippen molar-refractivity contribution in [3.63, 3.8) is 0 Å². The van der Waals surface area contributed by atoms with E-state index in [-0.39, 0.29) is 6.04 Å². The standard InChI is InChI=1S/C20H21N5O/c1-13(2)14-8-10-15(11-9-14)17-12-18(25-20(21-17)22-23-24-25)16-6-4-5-7-19(16)26-3/h4-13,18H,1-3H3,(H,21,22,24)/t18-/m1/s1. The van der Waals surface area contributed by atoms with Gasteiger partial charge in [0.1, 0.15) is 11.8 Å². The van der Waals surface area contributed by atoms with Crippen molar-refractivity contribution in [2.75, 3.05) is 12.4 Å². The number of para-hydroxylation sites is 1. The molecule has 6 nitrogen and oxygen atoms in total. The summed E-state index contributed by atoms with van der Waals surface area (Å²) in [6, 6.07) is 16.4. The van der Waals surface area contributed by atoms with Crippen LogP contribution in [0.2, 0.25) is 0 Å². The SMILES string of the molecule is COc1ccccc1[C@H]1C=C(c2ccc(C(C)C)cc2)Nc2nnnn21. The van der Waals surface area contributed by atoms with Gasteiger partial charge in [0.2, 0.25) is 5.95 Å². The molecule has 1 aliphatic heterocycles. The fourth-order valence-corrected chi connectivity index (χ4v) is 3.20. The van der Waals surface area contributed by atoms with E-state index in [0.717, 1.165) is 22.6 Å². The molecule has 1 aliphatic rings. The zero-order valence-corrected chi connectivity index (χ0v) is 15.0. The third-order valence-corrected chi connectivity index (χ3v) is 4.67. The van der Waals surface area contributed by atoms with E-state index in [0.29, 0.717) is 11.9 Å². The second kappa shape index (κ2) is 6.63. The van der Waals surface area contributed by atoms with Crippen molar-refractivity contribution in [1.29, 1.82) is 0 Å². The number of hydrogen-bond donors (Lipinski definition) is 1. The Morgan fingerprint density at radius 2 is 1.85 bits per heavy atom. The van der Waals surface area contributed by atoms with Crippen LogP contribution in [0.5, 0.6) is 5.75 Å². The molecule has 1 aromatic heterocycles. The number of ether oxygens (including phenoxy) is 1. The topological polar surface area (TPSA) is 64.9 Å². The molecule has 132 valence electrons. The summed E-state index contributed by atoms with van der Waals surface area (Å²) in [5.41, 5.74) is 4.42. The predicted octanol–water partition coefficient (Wildman–Crippen LogP) is 3.86. The Labute approximate surface area is 152 Å². The maximum atomic E-state index is 5.54. The van der Waals surface area contributed by atoms with Gasteiger partial charge in [-0.3, -0.25) is 0 Å². The number of methoxy groups -OCH3 is 1. The third kappa shape index (κ3) is 2.83. The molecule has 0 aliphatic carbocycles. The number of nitrogens with zero attached hydrogens (tertiary/aromatic N) is 4. The van der Waals surface area contributed by atoms with Gasteiger partial charge in [-0.15, -0.1) is 0 Å². The lowest BCUT2D eigenvalue weighted by molar-refractivity contribution is 0.403. The summed E-state index contributed by atoms with van der Waals surface area (Å²) in [4.78, 5) is 0. The first-order valence-electron chi connectivity index (χ1n) is 8.67. The van der Waals surface area contributed by atoms with Crippen LogP contribution in [0.4, 0.5) is 5.95 Å². The molecule has 0 radical (unpaired) electrons. The van der Waals surface area contributed by atoms with Gasteiger partial charge in [-0.1, -0.05) is 61.4 Å². The second-order valence-corrected chi connectivity index (χ2v) is 6.62. The first-order chi connectivity index (χ1) is 12.7. The molecule has 0 saturated carbocycles. The summed E-state index contributed by atoms with van der Waals surface area (Å²) < 4.78 is 7.31. The summed E-state index contributed by atoms with van der Waals surface area (Å²) in [5, 5.41) is 15.4. The first kappa shape index (κ1) is 16.3. The molecule has 2 aromatic carbocycles. The highest BCUT2D eigenvalue weighted by molar-refractivity contribution is 5.77. The van der Waals surface area contributed by atoms with E-state index >= 15 is 0 Å². The highest BCUT2D eigenvalue weighted by Crippen LogP contribution is 2.35. The van der Waals surface area contributed by atoms with Crippen molar-refractivity contribution in [3.8, 4) is 5.75 Å². The number of anilines is 1. The Kier molecular flexibility index (Phi) is 4.16. The molecule has 0 spiro atoms. The minimum atomic E-state index is -0.142. The fraction of sp³-hybridized carbons (Fsp3) is 0.250. The first-order valence-corrected chi connectivity index (χ1v) is 8.67. The van der Waals surface area contributed by atoms with Gasteiger partial charge in [-0.2, -0.15) is 4.68 Å². The lowest BCUT2D eigenvalue weighted by atomic mass is 9.98. The van der Waals surface area contributed by atoms with Crippen LogP contribution < -0.4 is 10.1 Å². The number of nitrogens with one attached hydrogen (secondary N) is 1. The summed E-state index contributed by atoms with van der Waals surface area (Å²) in [6.45, 7) is 4.39. The molecule has 6 heteroatoms.